The van der Waals surface area contributed by atoms with Crippen LogP contribution in [0.5, 0.6) is 0 Å². The van der Waals surface area contributed by atoms with Crippen molar-refractivity contribution in [1.82, 2.24) is 19.7 Å². The lowest BCUT2D eigenvalue weighted by Gasteiger charge is -2.07. The van der Waals surface area contributed by atoms with Crippen molar-refractivity contribution in [3.05, 3.63) is 95.1 Å². The van der Waals surface area contributed by atoms with E-state index in [2.05, 4.69) is 20.4 Å². The van der Waals surface area contributed by atoms with Gasteiger partial charge >= 0.3 is 0 Å². The van der Waals surface area contributed by atoms with E-state index in [1.165, 1.54) is 4.68 Å². The van der Waals surface area contributed by atoms with Crippen LogP contribution in [0.2, 0.25) is 5.02 Å². The molecule has 4 rings (SSSR count). The number of hydrogen-bond acceptors (Lipinski definition) is 5. The Balaban J connectivity index is 1.70. The minimum absolute atomic E-state index is 0.326. The number of aromatic nitrogens is 4. The third-order valence-electron chi connectivity index (χ3n) is 4.06. The molecule has 0 amide bonds. The second-order valence-corrected chi connectivity index (χ2v) is 6.48. The van der Waals surface area contributed by atoms with Gasteiger partial charge in [-0.3, -0.25) is 9.78 Å². The van der Waals surface area contributed by atoms with E-state index in [0.717, 1.165) is 5.56 Å². The molecule has 0 radical (unpaired) electrons. The molecule has 138 valence electrons. The predicted molar refractivity (Wildman–Crippen MR) is 108 cm³/mol. The second kappa shape index (κ2) is 8.02. The summed E-state index contributed by atoms with van der Waals surface area (Å²) in [6.07, 6.45) is 1.66. The Morgan fingerprint density at radius 1 is 1.00 bits per heavy atom. The van der Waals surface area contributed by atoms with Crippen LogP contribution in [-0.4, -0.2) is 25.7 Å². The maximum atomic E-state index is 13.0. The molecule has 0 bridgehead atoms. The van der Waals surface area contributed by atoms with Gasteiger partial charge in [-0.1, -0.05) is 54.1 Å². The molecular weight excluding hydrogens is 374 g/mol. The van der Waals surface area contributed by atoms with E-state index < -0.39 is 0 Å². The summed E-state index contributed by atoms with van der Waals surface area (Å²) in [5.41, 5.74) is 2.07. The molecule has 0 saturated carbocycles. The van der Waals surface area contributed by atoms with Crippen LogP contribution in [0.25, 0.3) is 11.5 Å². The van der Waals surface area contributed by atoms with E-state index in [1.807, 2.05) is 42.5 Å². The fourth-order valence-electron chi connectivity index (χ4n) is 2.69. The summed E-state index contributed by atoms with van der Waals surface area (Å²) in [6, 6.07) is 22.0. The Kier molecular flexibility index (Phi) is 5.12. The molecule has 0 aliphatic rings. The molecule has 0 aliphatic heterocycles. The SMILES string of the molecule is O=C(c1cccc(Cl)c1)n1nc(-c2ccccn2)nc1NCc1ccccc1. The van der Waals surface area contributed by atoms with E-state index >= 15 is 0 Å². The van der Waals surface area contributed by atoms with E-state index in [0.29, 0.717) is 34.6 Å². The number of benzene rings is 2. The summed E-state index contributed by atoms with van der Waals surface area (Å²) in [4.78, 5) is 21.8. The maximum absolute atomic E-state index is 13.0. The van der Waals surface area contributed by atoms with Crippen molar-refractivity contribution in [2.45, 2.75) is 6.54 Å². The molecule has 2 aromatic heterocycles. The Hall–Kier alpha value is -3.51. The highest BCUT2D eigenvalue weighted by atomic mass is 35.5. The second-order valence-electron chi connectivity index (χ2n) is 6.04. The van der Waals surface area contributed by atoms with Crippen molar-refractivity contribution >= 4 is 23.5 Å². The summed E-state index contributed by atoms with van der Waals surface area (Å²) in [5, 5.41) is 8.06. The van der Waals surface area contributed by atoms with Crippen molar-refractivity contribution < 1.29 is 4.79 Å². The van der Waals surface area contributed by atoms with Crippen molar-refractivity contribution in [2.24, 2.45) is 0 Å². The van der Waals surface area contributed by atoms with Gasteiger partial charge < -0.3 is 5.32 Å². The zero-order chi connectivity index (χ0) is 19.3. The number of anilines is 1. The van der Waals surface area contributed by atoms with Crippen LogP contribution < -0.4 is 5.32 Å². The summed E-state index contributed by atoms with van der Waals surface area (Å²) < 4.78 is 1.25. The summed E-state index contributed by atoms with van der Waals surface area (Å²) >= 11 is 6.04. The van der Waals surface area contributed by atoms with E-state index in [9.17, 15) is 4.79 Å². The molecule has 0 unspecified atom stereocenters. The Morgan fingerprint density at radius 3 is 2.57 bits per heavy atom. The number of carbonyl (C=O) groups excluding carboxylic acids is 1. The van der Waals surface area contributed by atoms with Crippen LogP contribution in [0.4, 0.5) is 5.95 Å². The quantitative estimate of drug-likeness (QED) is 0.551. The third-order valence-corrected chi connectivity index (χ3v) is 4.29. The summed E-state index contributed by atoms with van der Waals surface area (Å²) in [5.74, 6) is 0.383. The first-order chi connectivity index (χ1) is 13.7. The van der Waals surface area contributed by atoms with Crippen LogP contribution in [-0.2, 0) is 6.54 Å². The standard InChI is InChI=1S/C21H16ClN5O/c22-17-10-6-9-16(13-17)20(28)27-21(24-14-15-7-2-1-3-8-15)25-19(26-27)18-11-4-5-12-23-18/h1-13H,14H2,(H,24,25,26). The van der Waals surface area contributed by atoms with Gasteiger partial charge in [0.1, 0.15) is 5.69 Å². The Bertz CT molecular complexity index is 1100. The first kappa shape index (κ1) is 17.9. The Labute approximate surface area is 166 Å². The molecule has 6 nitrogen and oxygen atoms in total. The van der Waals surface area contributed by atoms with Crippen LogP contribution in [0.15, 0.2) is 79.0 Å². The number of pyridine rings is 1. The van der Waals surface area contributed by atoms with Gasteiger partial charge in [0.15, 0.2) is 0 Å². The van der Waals surface area contributed by atoms with Crippen LogP contribution in [0, 0.1) is 0 Å². The zero-order valence-corrected chi connectivity index (χ0v) is 15.5. The van der Waals surface area contributed by atoms with Gasteiger partial charge in [-0.15, -0.1) is 5.10 Å². The number of halogens is 1. The molecule has 28 heavy (non-hydrogen) atoms. The molecule has 0 spiro atoms. The van der Waals surface area contributed by atoms with E-state index in [1.54, 1.807) is 36.5 Å². The number of rotatable bonds is 5. The van der Waals surface area contributed by atoms with Crippen molar-refractivity contribution in [3.8, 4) is 11.5 Å². The van der Waals surface area contributed by atoms with Gasteiger partial charge in [0.2, 0.25) is 11.8 Å². The van der Waals surface area contributed by atoms with Crippen molar-refractivity contribution in [2.75, 3.05) is 5.32 Å². The summed E-state index contributed by atoms with van der Waals surface area (Å²) in [7, 11) is 0. The first-order valence-electron chi connectivity index (χ1n) is 8.67. The molecule has 7 heteroatoms. The minimum atomic E-state index is -0.326. The third kappa shape index (κ3) is 3.92. The smallest absolute Gasteiger partial charge is 0.281 e. The van der Waals surface area contributed by atoms with Gasteiger partial charge in [0.25, 0.3) is 5.91 Å². The number of nitrogens with zero attached hydrogens (tertiary/aromatic N) is 4. The topological polar surface area (TPSA) is 72.7 Å². The Morgan fingerprint density at radius 2 is 1.82 bits per heavy atom. The average molecular weight is 390 g/mol. The lowest BCUT2D eigenvalue weighted by Crippen LogP contribution is -2.17. The molecule has 2 heterocycles. The summed E-state index contributed by atoms with van der Waals surface area (Å²) in [6.45, 7) is 0.504. The molecule has 1 N–H and O–H groups in total. The molecule has 4 aromatic rings. The van der Waals surface area contributed by atoms with Crippen LogP contribution in [0.3, 0.4) is 0 Å². The predicted octanol–water partition coefficient (Wildman–Crippen LogP) is 4.29. The van der Waals surface area contributed by atoms with Gasteiger partial charge in [0.05, 0.1) is 0 Å². The van der Waals surface area contributed by atoms with Crippen LogP contribution in [0.1, 0.15) is 15.9 Å². The monoisotopic (exact) mass is 389 g/mol. The fraction of sp³-hybridized carbons (Fsp3) is 0.0476. The number of carbonyl (C=O) groups is 1. The molecule has 0 fully saturated rings. The molecule has 0 aliphatic carbocycles. The van der Waals surface area contributed by atoms with E-state index in [-0.39, 0.29) is 5.91 Å². The zero-order valence-electron chi connectivity index (χ0n) is 14.8. The fourth-order valence-corrected chi connectivity index (χ4v) is 2.88. The largest absolute Gasteiger partial charge is 0.350 e. The van der Waals surface area contributed by atoms with Gasteiger partial charge in [0, 0.05) is 23.3 Å². The minimum Gasteiger partial charge on any atom is -0.350 e. The molecule has 2 aromatic carbocycles. The highest BCUT2D eigenvalue weighted by Crippen LogP contribution is 2.19. The lowest BCUT2D eigenvalue weighted by atomic mass is 10.2. The lowest BCUT2D eigenvalue weighted by molar-refractivity contribution is 0.0947. The van der Waals surface area contributed by atoms with Gasteiger partial charge in [-0.05, 0) is 35.9 Å². The normalized spacial score (nSPS) is 10.6. The number of hydrogen-bond donors (Lipinski definition) is 1. The van der Waals surface area contributed by atoms with E-state index in [4.69, 9.17) is 11.6 Å². The van der Waals surface area contributed by atoms with Gasteiger partial charge in [-0.2, -0.15) is 9.67 Å². The number of nitrogens with one attached hydrogen (secondary N) is 1. The molecule has 0 saturated heterocycles. The van der Waals surface area contributed by atoms with Crippen molar-refractivity contribution in [1.29, 1.82) is 0 Å². The van der Waals surface area contributed by atoms with Crippen LogP contribution >= 0.6 is 11.6 Å². The first-order valence-corrected chi connectivity index (χ1v) is 9.05. The average Bonchev–Trinajstić information content (AvgIpc) is 3.17. The maximum Gasteiger partial charge on any atom is 0.281 e. The molecular formula is C21H16ClN5O. The van der Waals surface area contributed by atoms with Crippen molar-refractivity contribution in [3.63, 3.8) is 0 Å². The highest BCUT2D eigenvalue weighted by Gasteiger charge is 2.19. The highest BCUT2D eigenvalue weighted by molar-refractivity contribution is 6.31. The molecule has 0 atom stereocenters. The van der Waals surface area contributed by atoms with Gasteiger partial charge in [-0.25, -0.2) is 0 Å².